The largest absolute Gasteiger partial charge is 0.511 e. The summed E-state index contributed by atoms with van der Waals surface area (Å²) in [6.45, 7) is 9.18. The van der Waals surface area contributed by atoms with Crippen LogP contribution >= 0.6 is 0 Å². The van der Waals surface area contributed by atoms with E-state index in [0.717, 1.165) is 13.0 Å². The Kier molecular flexibility index (Phi) is 5.20. The highest BCUT2D eigenvalue weighted by molar-refractivity contribution is 5.75. The Labute approximate surface area is 110 Å². The summed E-state index contributed by atoms with van der Waals surface area (Å²) in [5.74, 6) is 0.429. The summed E-state index contributed by atoms with van der Waals surface area (Å²) >= 11 is 0. The number of amides is 1. The van der Waals surface area contributed by atoms with Gasteiger partial charge in [-0.05, 0) is 31.3 Å². The van der Waals surface area contributed by atoms with Gasteiger partial charge in [0.25, 0.3) is 0 Å². The van der Waals surface area contributed by atoms with Crippen molar-refractivity contribution >= 4 is 5.91 Å². The van der Waals surface area contributed by atoms with Gasteiger partial charge in [0.2, 0.25) is 5.91 Å². The van der Waals surface area contributed by atoms with Crippen molar-refractivity contribution in [3.05, 3.63) is 11.8 Å². The molecule has 0 aromatic rings. The van der Waals surface area contributed by atoms with Crippen molar-refractivity contribution in [3.63, 3.8) is 0 Å². The predicted octanol–water partition coefficient (Wildman–Crippen LogP) is 2.12. The third kappa shape index (κ3) is 5.54. The van der Waals surface area contributed by atoms with E-state index in [2.05, 4.69) is 31.4 Å². The lowest BCUT2D eigenvalue weighted by Crippen LogP contribution is -2.33. The molecule has 0 saturated carbocycles. The van der Waals surface area contributed by atoms with Crippen LogP contribution in [0.25, 0.3) is 0 Å². The zero-order valence-corrected chi connectivity index (χ0v) is 11.9. The lowest BCUT2D eigenvalue weighted by molar-refractivity contribution is -0.121. The van der Waals surface area contributed by atoms with E-state index < -0.39 is 0 Å². The van der Waals surface area contributed by atoms with Crippen molar-refractivity contribution in [3.8, 4) is 0 Å². The highest BCUT2D eigenvalue weighted by Crippen LogP contribution is 2.17. The predicted molar refractivity (Wildman–Crippen MR) is 73.4 cm³/mol. The van der Waals surface area contributed by atoms with Gasteiger partial charge >= 0.3 is 0 Å². The molecular formula is C14H26N2O2. The summed E-state index contributed by atoms with van der Waals surface area (Å²) in [7, 11) is 0. The molecule has 104 valence electrons. The van der Waals surface area contributed by atoms with Crippen LogP contribution in [0.5, 0.6) is 0 Å². The normalized spacial score (nSPS) is 23.9. The quantitative estimate of drug-likeness (QED) is 0.704. The third-order valence-corrected chi connectivity index (χ3v) is 3.10. The van der Waals surface area contributed by atoms with E-state index in [4.69, 9.17) is 0 Å². The summed E-state index contributed by atoms with van der Waals surface area (Å²) < 4.78 is 0. The zero-order chi connectivity index (χ0) is 13.8. The first-order valence-corrected chi connectivity index (χ1v) is 6.71. The molecule has 0 aromatic heterocycles. The van der Waals surface area contributed by atoms with Gasteiger partial charge in [-0.1, -0.05) is 20.8 Å². The fourth-order valence-electron chi connectivity index (χ4n) is 2.00. The van der Waals surface area contributed by atoms with Crippen LogP contribution in [0.1, 0.15) is 47.0 Å². The number of hydrogen-bond donors (Lipinski definition) is 3. The van der Waals surface area contributed by atoms with Gasteiger partial charge in [0.1, 0.15) is 5.76 Å². The second-order valence-electron chi connectivity index (χ2n) is 6.30. The minimum atomic E-state index is -0.0617. The molecule has 1 heterocycles. The van der Waals surface area contributed by atoms with Crippen LogP contribution in [-0.2, 0) is 4.79 Å². The minimum absolute atomic E-state index is 0.0617. The molecule has 4 heteroatoms. The summed E-state index contributed by atoms with van der Waals surface area (Å²) in [5, 5.41) is 15.8. The van der Waals surface area contributed by atoms with Gasteiger partial charge in [0, 0.05) is 19.0 Å². The Bertz CT molecular complexity index is 318. The molecule has 0 saturated heterocycles. The lowest BCUT2D eigenvalue weighted by atomic mass is 9.92. The molecule has 0 fully saturated rings. The summed E-state index contributed by atoms with van der Waals surface area (Å²) in [4.78, 5) is 11.6. The SMILES string of the molecule is C[C@@H]1C=C(O)[C@H](CCC(=O)NCCC(C)(C)C)N1. The highest BCUT2D eigenvalue weighted by Gasteiger charge is 2.22. The zero-order valence-electron chi connectivity index (χ0n) is 11.9. The maximum atomic E-state index is 11.6. The molecule has 3 N–H and O–H groups in total. The van der Waals surface area contributed by atoms with E-state index in [1.807, 2.05) is 6.92 Å². The minimum Gasteiger partial charge on any atom is -0.511 e. The van der Waals surface area contributed by atoms with Gasteiger partial charge in [0.15, 0.2) is 0 Å². The molecular weight excluding hydrogens is 228 g/mol. The van der Waals surface area contributed by atoms with Crippen molar-refractivity contribution in [2.24, 2.45) is 5.41 Å². The third-order valence-electron chi connectivity index (χ3n) is 3.10. The van der Waals surface area contributed by atoms with E-state index in [0.29, 0.717) is 18.6 Å². The molecule has 18 heavy (non-hydrogen) atoms. The second kappa shape index (κ2) is 6.23. The van der Waals surface area contributed by atoms with Gasteiger partial charge < -0.3 is 15.7 Å². The van der Waals surface area contributed by atoms with E-state index in [-0.39, 0.29) is 23.4 Å². The first kappa shape index (κ1) is 15.0. The Morgan fingerprint density at radius 2 is 2.17 bits per heavy atom. The van der Waals surface area contributed by atoms with Gasteiger partial charge in [-0.25, -0.2) is 0 Å². The van der Waals surface area contributed by atoms with E-state index >= 15 is 0 Å². The molecule has 0 radical (unpaired) electrons. The average Bonchev–Trinajstić information content (AvgIpc) is 2.52. The molecule has 1 amide bonds. The number of aliphatic hydroxyl groups is 1. The first-order chi connectivity index (χ1) is 8.28. The van der Waals surface area contributed by atoms with Crippen LogP contribution in [-0.4, -0.2) is 29.6 Å². The molecule has 1 aliphatic heterocycles. The molecule has 0 aliphatic carbocycles. The van der Waals surface area contributed by atoms with Crippen LogP contribution in [0.15, 0.2) is 11.8 Å². The number of aliphatic hydroxyl groups excluding tert-OH is 1. The van der Waals surface area contributed by atoms with E-state index in [1.165, 1.54) is 0 Å². The summed E-state index contributed by atoms with van der Waals surface area (Å²) in [6.07, 6.45) is 3.87. The fraction of sp³-hybridized carbons (Fsp3) is 0.786. The molecule has 0 unspecified atom stereocenters. The van der Waals surface area contributed by atoms with Crippen molar-refractivity contribution in [1.82, 2.24) is 10.6 Å². The van der Waals surface area contributed by atoms with Crippen LogP contribution in [0.4, 0.5) is 0 Å². The van der Waals surface area contributed by atoms with Crippen molar-refractivity contribution in [1.29, 1.82) is 0 Å². The molecule has 2 atom stereocenters. The number of nitrogens with one attached hydrogen (secondary N) is 2. The average molecular weight is 254 g/mol. The molecule has 0 spiro atoms. The van der Waals surface area contributed by atoms with Gasteiger partial charge in [-0.3, -0.25) is 4.79 Å². The van der Waals surface area contributed by atoms with Crippen molar-refractivity contribution in [2.75, 3.05) is 6.54 Å². The highest BCUT2D eigenvalue weighted by atomic mass is 16.3. The topological polar surface area (TPSA) is 61.4 Å². The molecule has 1 rings (SSSR count). The van der Waals surface area contributed by atoms with Crippen LogP contribution < -0.4 is 10.6 Å². The number of carbonyl (C=O) groups is 1. The first-order valence-electron chi connectivity index (χ1n) is 6.71. The fourth-order valence-corrected chi connectivity index (χ4v) is 2.00. The van der Waals surface area contributed by atoms with Crippen LogP contribution in [0.3, 0.4) is 0 Å². The number of carbonyl (C=O) groups excluding carboxylic acids is 1. The molecule has 4 nitrogen and oxygen atoms in total. The lowest BCUT2D eigenvalue weighted by Gasteiger charge is -2.18. The molecule has 1 aliphatic rings. The van der Waals surface area contributed by atoms with Gasteiger partial charge in [-0.15, -0.1) is 0 Å². The smallest absolute Gasteiger partial charge is 0.220 e. The molecule has 0 bridgehead atoms. The number of rotatable bonds is 5. The maximum Gasteiger partial charge on any atom is 0.220 e. The Balaban J connectivity index is 2.16. The van der Waals surface area contributed by atoms with Crippen LogP contribution in [0, 0.1) is 5.41 Å². The van der Waals surface area contributed by atoms with Gasteiger partial charge in [0.05, 0.1) is 6.04 Å². The van der Waals surface area contributed by atoms with Crippen molar-refractivity contribution < 1.29 is 9.90 Å². The van der Waals surface area contributed by atoms with E-state index in [1.54, 1.807) is 6.08 Å². The Morgan fingerprint density at radius 3 is 2.67 bits per heavy atom. The summed E-state index contributed by atoms with van der Waals surface area (Å²) in [6, 6.07) is 0.132. The standard InChI is InChI=1S/C14H26N2O2/c1-10-9-12(17)11(16-10)5-6-13(18)15-8-7-14(2,3)4/h9-11,16-17H,5-8H2,1-4H3,(H,15,18)/t10-,11+/m1/s1. The van der Waals surface area contributed by atoms with Gasteiger partial charge in [-0.2, -0.15) is 0 Å². The molecule has 0 aromatic carbocycles. The second-order valence-corrected chi connectivity index (χ2v) is 6.30. The van der Waals surface area contributed by atoms with Crippen LogP contribution in [0.2, 0.25) is 0 Å². The van der Waals surface area contributed by atoms with E-state index in [9.17, 15) is 9.90 Å². The number of hydrogen-bond acceptors (Lipinski definition) is 3. The Hall–Kier alpha value is -1.03. The Morgan fingerprint density at radius 1 is 1.50 bits per heavy atom. The maximum absolute atomic E-state index is 11.6. The monoisotopic (exact) mass is 254 g/mol. The van der Waals surface area contributed by atoms with Crippen molar-refractivity contribution in [2.45, 2.75) is 59.0 Å². The summed E-state index contributed by atoms with van der Waals surface area (Å²) in [5.41, 5.74) is 0.247.